The van der Waals surface area contributed by atoms with Crippen molar-refractivity contribution in [2.24, 2.45) is 0 Å². The standard InChI is InChI=1S/C13H11BrO2S2/c1-9-5-6-13(17-9)12(15)8-18(16)11-4-2-3-10(14)7-11/h2-7H,8H2,1H3. The fraction of sp³-hybridized carbons (Fsp3) is 0.154. The zero-order chi connectivity index (χ0) is 13.1. The number of Topliss-reactive ketones (excluding diaryl/α,β-unsaturated/α-hetero) is 1. The molecule has 0 saturated heterocycles. The molecule has 0 spiro atoms. The fourth-order valence-corrected chi connectivity index (χ4v) is 3.96. The number of carbonyl (C=O) groups excluding carboxylic acids is 1. The molecule has 0 amide bonds. The predicted octanol–water partition coefficient (Wildman–Crippen LogP) is 3.81. The number of rotatable bonds is 4. The molecule has 1 heterocycles. The van der Waals surface area contributed by atoms with E-state index >= 15 is 0 Å². The molecular weight excluding hydrogens is 332 g/mol. The van der Waals surface area contributed by atoms with Gasteiger partial charge in [0.25, 0.3) is 0 Å². The van der Waals surface area contributed by atoms with E-state index in [1.54, 1.807) is 18.2 Å². The fourth-order valence-electron chi connectivity index (χ4n) is 1.47. The first-order valence-electron chi connectivity index (χ1n) is 5.30. The highest BCUT2D eigenvalue weighted by Gasteiger charge is 2.14. The van der Waals surface area contributed by atoms with Crippen molar-refractivity contribution in [3.8, 4) is 0 Å². The number of hydrogen-bond acceptors (Lipinski definition) is 3. The van der Waals surface area contributed by atoms with Gasteiger partial charge in [-0.15, -0.1) is 11.3 Å². The van der Waals surface area contributed by atoms with Crippen LogP contribution in [0.4, 0.5) is 0 Å². The number of benzene rings is 1. The summed E-state index contributed by atoms with van der Waals surface area (Å²) in [7, 11) is -1.29. The Bertz CT molecular complexity index is 605. The molecule has 18 heavy (non-hydrogen) atoms. The van der Waals surface area contributed by atoms with Crippen LogP contribution in [0.25, 0.3) is 0 Å². The summed E-state index contributed by atoms with van der Waals surface area (Å²) in [6.07, 6.45) is 0. The number of halogens is 1. The summed E-state index contributed by atoms with van der Waals surface area (Å²) < 4.78 is 12.9. The Hall–Kier alpha value is -0.780. The summed E-state index contributed by atoms with van der Waals surface area (Å²) in [5, 5.41) is 0. The monoisotopic (exact) mass is 342 g/mol. The van der Waals surface area contributed by atoms with Crippen molar-refractivity contribution in [3.63, 3.8) is 0 Å². The van der Waals surface area contributed by atoms with E-state index in [0.29, 0.717) is 9.77 Å². The number of aryl methyl sites for hydroxylation is 1. The van der Waals surface area contributed by atoms with Gasteiger partial charge in [0.2, 0.25) is 0 Å². The smallest absolute Gasteiger partial charge is 0.185 e. The van der Waals surface area contributed by atoms with Gasteiger partial charge >= 0.3 is 0 Å². The second-order valence-corrected chi connectivity index (χ2v) is 7.44. The zero-order valence-electron chi connectivity index (χ0n) is 9.68. The molecule has 94 valence electrons. The summed E-state index contributed by atoms with van der Waals surface area (Å²) >= 11 is 4.77. The first-order valence-corrected chi connectivity index (χ1v) is 8.22. The first kappa shape index (κ1) is 13.6. The van der Waals surface area contributed by atoms with Gasteiger partial charge in [-0.3, -0.25) is 9.00 Å². The number of carbonyl (C=O) groups is 1. The Morgan fingerprint density at radius 1 is 1.33 bits per heavy atom. The van der Waals surface area contributed by atoms with Gasteiger partial charge in [-0.25, -0.2) is 0 Å². The van der Waals surface area contributed by atoms with E-state index in [2.05, 4.69) is 15.9 Å². The van der Waals surface area contributed by atoms with Gasteiger partial charge in [0.1, 0.15) is 0 Å². The van der Waals surface area contributed by atoms with E-state index in [-0.39, 0.29) is 11.5 Å². The Labute approximate surface area is 121 Å². The Balaban J connectivity index is 2.10. The molecule has 2 aromatic rings. The molecule has 1 atom stereocenters. The molecule has 2 rings (SSSR count). The summed E-state index contributed by atoms with van der Waals surface area (Å²) in [5.74, 6) is -0.0254. The zero-order valence-corrected chi connectivity index (χ0v) is 12.9. The van der Waals surface area contributed by atoms with Crippen molar-refractivity contribution < 1.29 is 9.00 Å². The van der Waals surface area contributed by atoms with E-state index in [4.69, 9.17) is 0 Å². The van der Waals surface area contributed by atoms with Gasteiger partial charge in [0.15, 0.2) is 5.78 Å². The highest BCUT2D eigenvalue weighted by atomic mass is 79.9. The Morgan fingerprint density at radius 2 is 2.11 bits per heavy atom. The highest BCUT2D eigenvalue weighted by molar-refractivity contribution is 9.10. The largest absolute Gasteiger partial charge is 0.292 e. The lowest BCUT2D eigenvalue weighted by Crippen LogP contribution is -2.09. The van der Waals surface area contributed by atoms with Crippen LogP contribution in [-0.2, 0) is 10.8 Å². The molecule has 0 fully saturated rings. The Morgan fingerprint density at radius 3 is 2.72 bits per heavy atom. The summed E-state index contributed by atoms with van der Waals surface area (Å²) in [5.41, 5.74) is 0. The molecule has 5 heteroatoms. The van der Waals surface area contributed by atoms with Crippen molar-refractivity contribution in [3.05, 3.63) is 50.6 Å². The van der Waals surface area contributed by atoms with Crippen LogP contribution in [0.5, 0.6) is 0 Å². The van der Waals surface area contributed by atoms with Gasteiger partial charge in [-0.1, -0.05) is 22.0 Å². The molecular formula is C13H11BrO2S2. The molecule has 1 aromatic heterocycles. The van der Waals surface area contributed by atoms with Crippen LogP contribution >= 0.6 is 27.3 Å². The van der Waals surface area contributed by atoms with Crippen LogP contribution in [0.1, 0.15) is 14.5 Å². The van der Waals surface area contributed by atoms with Gasteiger partial charge in [-0.05, 0) is 37.3 Å². The van der Waals surface area contributed by atoms with E-state index in [1.165, 1.54) is 11.3 Å². The van der Waals surface area contributed by atoms with Gasteiger partial charge in [0, 0.05) is 14.2 Å². The maximum atomic E-state index is 12.1. The van der Waals surface area contributed by atoms with Crippen LogP contribution in [-0.4, -0.2) is 15.7 Å². The highest BCUT2D eigenvalue weighted by Crippen LogP contribution is 2.18. The molecule has 0 saturated carbocycles. The molecule has 0 radical (unpaired) electrons. The third kappa shape index (κ3) is 3.37. The number of thiophene rings is 1. The van der Waals surface area contributed by atoms with Crippen molar-refractivity contribution in [2.45, 2.75) is 11.8 Å². The number of ketones is 1. The summed E-state index contributed by atoms with van der Waals surface area (Å²) in [6.45, 7) is 1.95. The predicted molar refractivity (Wildman–Crippen MR) is 78.8 cm³/mol. The van der Waals surface area contributed by atoms with Crippen molar-refractivity contribution in [1.29, 1.82) is 0 Å². The van der Waals surface area contributed by atoms with Gasteiger partial charge < -0.3 is 0 Å². The van der Waals surface area contributed by atoms with Gasteiger partial charge in [-0.2, -0.15) is 0 Å². The lowest BCUT2D eigenvalue weighted by Gasteiger charge is -2.01. The van der Waals surface area contributed by atoms with E-state index in [0.717, 1.165) is 9.35 Å². The molecule has 2 nitrogen and oxygen atoms in total. The maximum absolute atomic E-state index is 12.1. The SMILES string of the molecule is Cc1ccc(C(=O)CS(=O)c2cccc(Br)c2)s1. The molecule has 0 bridgehead atoms. The third-order valence-electron chi connectivity index (χ3n) is 2.34. The van der Waals surface area contributed by atoms with Crippen molar-refractivity contribution >= 4 is 43.8 Å². The topological polar surface area (TPSA) is 34.1 Å². The summed E-state index contributed by atoms with van der Waals surface area (Å²) in [6, 6.07) is 10.9. The minimum atomic E-state index is -1.29. The number of hydrogen-bond donors (Lipinski definition) is 0. The lowest BCUT2D eigenvalue weighted by atomic mass is 10.3. The van der Waals surface area contributed by atoms with E-state index < -0.39 is 10.8 Å². The maximum Gasteiger partial charge on any atom is 0.185 e. The van der Waals surface area contributed by atoms with E-state index in [1.807, 2.05) is 25.1 Å². The average Bonchev–Trinajstić information content (AvgIpc) is 2.76. The van der Waals surface area contributed by atoms with Crippen LogP contribution in [0.2, 0.25) is 0 Å². The minimum Gasteiger partial charge on any atom is -0.292 e. The normalized spacial score (nSPS) is 12.3. The second-order valence-electron chi connectivity index (χ2n) is 3.78. The lowest BCUT2D eigenvalue weighted by molar-refractivity contribution is 0.102. The van der Waals surface area contributed by atoms with Crippen LogP contribution in [0, 0.1) is 6.92 Å². The molecule has 0 aliphatic carbocycles. The molecule has 0 aliphatic heterocycles. The van der Waals surface area contributed by atoms with Crippen LogP contribution in [0.15, 0.2) is 45.8 Å². The molecule has 1 unspecified atom stereocenters. The first-order chi connectivity index (χ1) is 8.56. The van der Waals surface area contributed by atoms with Gasteiger partial charge in [0.05, 0.1) is 21.4 Å². The molecule has 1 aromatic carbocycles. The van der Waals surface area contributed by atoms with Crippen LogP contribution < -0.4 is 0 Å². The van der Waals surface area contributed by atoms with E-state index in [9.17, 15) is 9.00 Å². The van der Waals surface area contributed by atoms with Crippen molar-refractivity contribution in [1.82, 2.24) is 0 Å². The van der Waals surface area contributed by atoms with Crippen LogP contribution in [0.3, 0.4) is 0 Å². The Kier molecular flexibility index (Phi) is 4.48. The minimum absolute atomic E-state index is 0.0381. The third-order valence-corrected chi connectivity index (χ3v) is 5.18. The summed E-state index contributed by atoms with van der Waals surface area (Å²) in [4.78, 5) is 14.4. The molecule has 0 aliphatic rings. The van der Waals surface area contributed by atoms with Crippen molar-refractivity contribution in [2.75, 3.05) is 5.75 Å². The quantitative estimate of drug-likeness (QED) is 0.791. The second kappa shape index (κ2) is 5.91. The molecule has 0 N–H and O–H groups in total. The average molecular weight is 343 g/mol.